The molecule has 0 atom stereocenters. The van der Waals surface area contributed by atoms with Gasteiger partial charge in [-0.2, -0.15) is 0 Å². The van der Waals surface area contributed by atoms with E-state index in [0.717, 1.165) is 0 Å². The van der Waals surface area contributed by atoms with Crippen LogP contribution < -0.4 is 5.82 Å². The summed E-state index contributed by atoms with van der Waals surface area (Å²) >= 11 is 0. The Hall–Kier alpha value is -2.34. The molecule has 0 radical (unpaired) electrons. The highest BCUT2D eigenvalue weighted by molar-refractivity contribution is 7.91. The van der Waals surface area contributed by atoms with Crippen molar-refractivity contribution >= 4 is 21.0 Å². The average Bonchev–Trinajstić information content (AvgIpc) is 2.78. The largest absolute Gasteiger partial charge is 0.519 e. The van der Waals surface area contributed by atoms with E-state index >= 15 is 0 Å². The van der Waals surface area contributed by atoms with Crippen LogP contribution in [0.4, 0.5) is 0 Å². The van der Waals surface area contributed by atoms with E-state index in [4.69, 9.17) is 8.83 Å². The Morgan fingerprint density at radius 2 is 1.47 bits per heavy atom. The first kappa shape index (κ1) is 11.7. The van der Waals surface area contributed by atoms with Crippen molar-refractivity contribution in [1.82, 2.24) is 0 Å². The van der Waals surface area contributed by atoms with Crippen molar-refractivity contribution in [1.29, 1.82) is 0 Å². The second-order valence-corrected chi connectivity index (χ2v) is 5.83. The van der Waals surface area contributed by atoms with Gasteiger partial charge in [-0.05, 0) is 24.3 Å². The molecule has 0 aliphatic rings. The van der Waals surface area contributed by atoms with Crippen LogP contribution in [0.25, 0.3) is 11.2 Å². The van der Waals surface area contributed by atoms with Crippen molar-refractivity contribution < 1.29 is 17.3 Å². The second kappa shape index (κ2) is 4.10. The van der Waals surface area contributed by atoms with Gasteiger partial charge >= 0.3 is 5.82 Å². The van der Waals surface area contributed by atoms with Crippen LogP contribution in [-0.2, 0) is 9.84 Å². The summed E-state index contributed by atoms with van der Waals surface area (Å²) in [6, 6.07) is 12.1. The van der Waals surface area contributed by atoms with E-state index in [1.54, 1.807) is 18.2 Å². The summed E-state index contributed by atoms with van der Waals surface area (Å²) in [5, 5.41) is 0. The van der Waals surface area contributed by atoms with Crippen LogP contribution in [0.1, 0.15) is 0 Å². The summed E-state index contributed by atoms with van der Waals surface area (Å²) in [5.74, 6) is -0.857. The van der Waals surface area contributed by atoms with Crippen molar-refractivity contribution in [2.24, 2.45) is 0 Å². The lowest BCUT2D eigenvalue weighted by atomic mass is 10.3. The molecule has 1 heterocycles. The summed E-state index contributed by atoms with van der Waals surface area (Å²) in [6.07, 6.45) is 0. The zero-order chi connectivity index (χ0) is 13.5. The SMILES string of the molecule is O=c1oc2ccc(S(=O)(=O)c3ccccc3)cc2o1. The second-order valence-electron chi connectivity index (χ2n) is 3.88. The van der Waals surface area contributed by atoms with Gasteiger partial charge in [-0.25, -0.2) is 13.2 Å². The lowest BCUT2D eigenvalue weighted by Gasteiger charge is -2.03. The van der Waals surface area contributed by atoms with E-state index in [-0.39, 0.29) is 21.0 Å². The predicted molar refractivity (Wildman–Crippen MR) is 66.6 cm³/mol. The summed E-state index contributed by atoms with van der Waals surface area (Å²) in [7, 11) is -3.62. The molecule has 0 aliphatic heterocycles. The maximum Gasteiger partial charge on any atom is 0.519 e. The van der Waals surface area contributed by atoms with Gasteiger partial charge in [0.05, 0.1) is 9.79 Å². The highest BCUT2D eigenvalue weighted by Crippen LogP contribution is 2.24. The molecular formula is C13H8O5S. The number of hydrogen-bond acceptors (Lipinski definition) is 5. The third kappa shape index (κ3) is 1.96. The maximum atomic E-state index is 12.3. The lowest BCUT2D eigenvalue weighted by molar-refractivity contribution is 0.409. The molecule has 0 aliphatic carbocycles. The molecule has 1 aromatic heterocycles. The highest BCUT2D eigenvalue weighted by Gasteiger charge is 2.18. The van der Waals surface area contributed by atoms with Crippen molar-refractivity contribution in [3.63, 3.8) is 0 Å². The molecule has 6 heteroatoms. The Kier molecular flexibility index (Phi) is 2.53. The number of benzene rings is 2. The van der Waals surface area contributed by atoms with Crippen LogP contribution in [0.15, 0.2) is 72.0 Å². The zero-order valence-electron chi connectivity index (χ0n) is 9.57. The molecule has 2 aromatic carbocycles. The van der Waals surface area contributed by atoms with Gasteiger partial charge in [0.15, 0.2) is 11.2 Å². The highest BCUT2D eigenvalue weighted by atomic mass is 32.2. The summed E-state index contributed by atoms with van der Waals surface area (Å²) < 4.78 is 34.1. The van der Waals surface area contributed by atoms with Gasteiger partial charge in [0, 0.05) is 6.07 Å². The standard InChI is InChI=1S/C13H8O5S/c14-13-17-11-7-6-10(8-12(11)18-13)19(15,16)9-4-2-1-3-5-9/h1-8H. The van der Waals surface area contributed by atoms with Crippen LogP contribution >= 0.6 is 0 Å². The first-order valence-corrected chi connectivity index (χ1v) is 6.89. The molecule has 0 spiro atoms. The molecule has 0 saturated carbocycles. The van der Waals surface area contributed by atoms with Gasteiger partial charge in [0.2, 0.25) is 9.84 Å². The van der Waals surface area contributed by atoms with Gasteiger partial charge < -0.3 is 8.83 Å². The molecular weight excluding hydrogens is 268 g/mol. The first-order valence-electron chi connectivity index (χ1n) is 5.41. The van der Waals surface area contributed by atoms with E-state index in [2.05, 4.69) is 0 Å². The third-order valence-electron chi connectivity index (χ3n) is 2.67. The lowest BCUT2D eigenvalue weighted by Crippen LogP contribution is -2.01. The van der Waals surface area contributed by atoms with Gasteiger partial charge in [0.25, 0.3) is 0 Å². The molecule has 96 valence electrons. The minimum absolute atomic E-state index is 0.0516. The number of hydrogen-bond donors (Lipinski definition) is 0. The summed E-state index contributed by atoms with van der Waals surface area (Å²) in [5.41, 5.74) is 0.332. The average molecular weight is 276 g/mol. The third-order valence-corrected chi connectivity index (χ3v) is 4.43. The maximum absolute atomic E-state index is 12.3. The molecule has 3 rings (SSSR count). The van der Waals surface area contributed by atoms with Gasteiger partial charge in [0.1, 0.15) is 0 Å². The Morgan fingerprint density at radius 1 is 0.789 bits per heavy atom. The van der Waals surface area contributed by atoms with Crippen molar-refractivity contribution in [2.45, 2.75) is 9.79 Å². The molecule has 0 N–H and O–H groups in total. The molecule has 19 heavy (non-hydrogen) atoms. The van der Waals surface area contributed by atoms with Crippen LogP contribution in [-0.4, -0.2) is 8.42 Å². The summed E-state index contributed by atoms with van der Waals surface area (Å²) in [4.78, 5) is 11.2. The van der Waals surface area contributed by atoms with Crippen LogP contribution in [0, 0.1) is 0 Å². The van der Waals surface area contributed by atoms with Gasteiger partial charge in [-0.3, -0.25) is 0 Å². The zero-order valence-corrected chi connectivity index (χ0v) is 10.4. The van der Waals surface area contributed by atoms with Crippen LogP contribution in [0.3, 0.4) is 0 Å². The summed E-state index contributed by atoms with van der Waals surface area (Å²) in [6.45, 7) is 0. The molecule has 5 nitrogen and oxygen atoms in total. The Balaban J connectivity index is 2.21. The minimum atomic E-state index is -3.62. The van der Waals surface area contributed by atoms with E-state index in [1.165, 1.54) is 30.3 Å². The Labute approximate surface area is 108 Å². The Bertz CT molecular complexity index is 887. The topological polar surface area (TPSA) is 77.5 Å². The molecule has 3 aromatic rings. The van der Waals surface area contributed by atoms with Gasteiger partial charge in [-0.1, -0.05) is 18.2 Å². The van der Waals surface area contributed by atoms with Gasteiger partial charge in [-0.15, -0.1) is 0 Å². The first-order chi connectivity index (χ1) is 9.07. The fraction of sp³-hybridized carbons (Fsp3) is 0. The number of rotatable bonds is 2. The molecule has 0 bridgehead atoms. The fourth-order valence-corrected chi connectivity index (χ4v) is 3.05. The van der Waals surface area contributed by atoms with Crippen molar-refractivity contribution in [3.8, 4) is 0 Å². The molecule has 0 unspecified atom stereocenters. The van der Waals surface area contributed by atoms with Crippen molar-refractivity contribution in [2.75, 3.05) is 0 Å². The van der Waals surface area contributed by atoms with E-state index in [0.29, 0.717) is 0 Å². The monoisotopic (exact) mass is 276 g/mol. The van der Waals surface area contributed by atoms with Crippen LogP contribution in [0.5, 0.6) is 0 Å². The molecule has 0 saturated heterocycles. The van der Waals surface area contributed by atoms with Crippen LogP contribution in [0.2, 0.25) is 0 Å². The van der Waals surface area contributed by atoms with E-state index < -0.39 is 15.7 Å². The van der Waals surface area contributed by atoms with E-state index in [1.807, 2.05) is 0 Å². The predicted octanol–water partition coefficient (Wildman–Crippen LogP) is 2.22. The molecule has 0 fully saturated rings. The van der Waals surface area contributed by atoms with E-state index in [9.17, 15) is 13.2 Å². The Morgan fingerprint density at radius 3 is 2.21 bits per heavy atom. The molecule has 0 amide bonds. The fourth-order valence-electron chi connectivity index (χ4n) is 1.76. The minimum Gasteiger partial charge on any atom is -0.391 e. The smallest absolute Gasteiger partial charge is 0.391 e. The van der Waals surface area contributed by atoms with Crippen molar-refractivity contribution in [3.05, 3.63) is 59.1 Å². The normalized spacial score (nSPS) is 11.8. The number of fused-ring (bicyclic) bond motifs is 1. The quantitative estimate of drug-likeness (QED) is 0.717. The number of sulfone groups is 1.